The van der Waals surface area contributed by atoms with Crippen LogP contribution in [0.5, 0.6) is 0 Å². The van der Waals surface area contributed by atoms with E-state index >= 15 is 0 Å². The molecule has 2 N–H and O–H groups in total. The van der Waals surface area contributed by atoms with Gasteiger partial charge in [-0.2, -0.15) is 13.2 Å². The predicted molar refractivity (Wildman–Crippen MR) is 74.7 cm³/mol. The van der Waals surface area contributed by atoms with Crippen LogP contribution in [0.3, 0.4) is 0 Å². The highest BCUT2D eigenvalue weighted by molar-refractivity contribution is 7.18. The third-order valence-corrected chi connectivity index (χ3v) is 4.66. The number of alkyl halides is 3. The highest BCUT2D eigenvalue weighted by Crippen LogP contribution is 2.52. The van der Waals surface area contributed by atoms with E-state index in [0.29, 0.717) is 22.0 Å². The highest BCUT2D eigenvalue weighted by Gasteiger charge is 2.36. The second-order valence-electron chi connectivity index (χ2n) is 5.09. The molecule has 1 fully saturated rings. The molecular weight excluding hydrogens is 289 g/mol. The summed E-state index contributed by atoms with van der Waals surface area (Å²) in [5, 5.41) is 0.485. The molecule has 1 heterocycles. The first-order chi connectivity index (χ1) is 9.24. The molecule has 1 aliphatic rings. The van der Waals surface area contributed by atoms with E-state index < -0.39 is 12.7 Å². The van der Waals surface area contributed by atoms with Gasteiger partial charge in [0.2, 0.25) is 0 Å². The fourth-order valence-corrected chi connectivity index (χ4v) is 3.48. The smallest absolute Gasteiger partial charge is 0.397 e. The molecular formula is C13H17F3N2OS. The van der Waals surface area contributed by atoms with Gasteiger partial charge in [0.05, 0.1) is 15.6 Å². The van der Waals surface area contributed by atoms with E-state index in [1.54, 1.807) is 6.92 Å². The predicted octanol–water partition coefficient (Wildman–Crippen LogP) is 3.80. The Morgan fingerprint density at radius 3 is 2.50 bits per heavy atom. The fourth-order valence-electron chi connectivity index (χ4n) is 2.20. The quantitative estimate of drug-likeness (QED) is 0.842. The van der Waals surface area contributed by atoms with Gasteiger partial charge < -0.3 is 10.6 Å². The molecule has 0 spiro atoms. The number of Topliss-reactive ketones (excluding diaryl/α,β-unsaturated/α-hetero) is 1. The van der Waals surface area contributed by atoms with Gasteiger partial charge in [-0.05, 0) is 18.8 Å². The Kier molecular flexibility index (Phi) is 4.00. The lowest BCUT2D eigenvalue weighted by atomic mass is 10.1. The number of carbonyl (C=O) groups excluding carboxylic acids is 1. The summed E-state index contributed by atoms with van der Waals surface area (Å²) < 4.78 is 37.6. The van der Waals surface area contributed by atoms with Gasteiger partial charge >= 0.3 is 6.18 Å². The number of carbonyl (C=O) groups is 1. The van der Waals surface area contributed by atoms with Gasteiger partial charge in [-0.25, -0.2) is 0 Å². The van der Waals surface area contributed by atoms with Crippen molar-refractivity contribution >= 4 is 27.8 Å². The van der Waals surface area contributed by atoms with E-state index in [2.05, 4.69) is 0 Å². The third-order valence-electron chi connectivity index (χ3n) is 3.29. The number of hydrogen-bond donors (Lipinski definition) is 1. The van der Waals surface area contributed by atoms with Crippen molar-refractivity contribution < 1.29 is 18.0 Å². The Morgan fingerprint density at radius 2 is 2.05 bits per heavy atom. The summed E-state index contributed by atoms with van der Waals surface area (Å²) in [6.45, 7) is 0.684. The number of nitrogen functional groups attached to an aromatic ring is 1. The molecule has 0 atom stereocenters. The minimum Gasteiger partial charge on any atom is -0.397 e. The van der Waals surface area contributed by atoms with E-state index in [1.807, 2.05) is 0 Å². The molecule has 1 aromatic heterocycles. The maximum Gasteiger partial charge on any atom is 0.405 e. The van der Waals surface area contributed by atoms with Crippen LogP contribution < -0.4 is 10.6 Å². The van der Waals surface area contributed by atoms with E-state index in [1.165, 1.54) is 7.05 Å². The van der Waals surface area contributed by atoms with Gasteiger partial charge in [-0.15, -0.1) is 11.3 Å². The Hall–Kier alpha value is -1.24. The van der Waals surface area contributed by atoms with Crippen LogP contribution in [0, 0.1) is 0 Å². The summed E-state index contributed by atoms with van der Waals surface area (Å²) in [5.74, 6) is 0.0939. The molecule has 1 aliphatic carbocycles. The minimum atomic E-state index is -4.27. The molecule has 1 aromatic rings. The number of ketones is 1. The lowest BCUT2D eigenvalue weighted by Crippen LogP contribution is -2.30. The van der Waals surface area contributed by atoms with Crippen LogP contribution in [0.4, 0.5) is 23.9 Å². The zero-order valence-corrected chi connectivity index (χ0v) is 12.2. The summed E-state index contributed by atoms with van der Waals surface area (Å²) in [6, 6.07) is 0. The van der Waals surface area contributed by atoms with Crippen molar-refractivity contribution in [2.75, 3.05) is 24.2 Å². The van der Waals surface area contributed by atoms with Crippen LogP contribution in [0.1, 0.15) is 47.3 Å². The maximum atomic E-state index is 12.5. The van der Waals surface area contributed by atoms with Crippen LogP contribution in [-0.2, 0) is 0 Å². The van der Waals surface area contributed by atoms with Crippen LogP contribution in [-0.4, -0.2) is 25.6 Å². The van der Waals surface area contributed by atoms with Crippen molar-refractivity contribution in [2.45, 2.75) is 38.3 Å². The Morgan fingerprint density at radius 1 is 1.45 bits per heavy atom. The molecule has 0 unspecified atom stereocenters. The third kappa shape index (κ3) is 3.08. The van der Waals surface area contributed by atoms with Crippen molar-refractivity contribution in [3.8, 4) is 0 Å². The molecule has 0 saturated heterocycles. The normalized spacial score (nSPS) is 15.4. The Labute approximate surface area is 119 Å². The lowest BCUT2D eigenvalue weighted by Gasteiger charge is -2.20. The average molecular weight is 306 g/mol. The molecule has 7 heteroatoms. The van der Waals surface area contributed by atoms with Gasteiger partial charge in [0, 0.05) is 19.0 Å². The van der Waals surface area contributed by atoms with Crippen LogP contribution in [0.15, 0.2) is 0 Å². The first-order valence-corrected chi connectivity index (χ1v) is 7.29. The zero-order chi connectivity index (χ0) is 15.1. The summed E-state index contributed by atoms with van der Waals surface area (Å²) in [7, 11) is 1.39. The Bertz CT molecular complexity index is 520. The van der Waals surface area contributed by atoms with E-state index in [4.69, 9.17) is 5.73 Å². The summed E-state index contributed by atoms with van der Waals surface area (Å²) in [5.41, 5.74) is 7.12. The summed E-state index contributed by atoms with van der Waals surface area (Å²) in [4.78, 5) is 13.4. The molecule has 0 aliphatic heterocycles. The standard InChI is InChI=1S/C13H17F3N2OS/c1-3-8(19)11-10(17)9(7-4-5-7)12(20-11)18(2)6-13(14,15)16/h7H,3-6,17H2,1-2H3. The second kappa shape index (κ2) is 5.27. The number of nitrogens with two attached hydrogens (primary N) is 1. The molecule has 112 valence electrons. The van der Waals surface area contributed by atoms with Gasteiger partial charge in [-0.3, -0.25) is 4.79 Å². The number of anilines is 2. The van der Waals surface area contributed by atoms with Crippen molar-refractivity contribution in [1.29, 1.82) is 0 Å². The van der Waals surface area contributed by atoms with Crippen LogP contribution in [0.25, 0.3) is 0 Å². The minimum absolute atomic E-state index is 0.110. The lowest BCUT2D eigenvalue weighted by molar-refractivity contribution is -0.119. The van der Waals surface area contributed by atoms with Gasteiger partial charge in [-0.1, -0.05) is 6.92 Å². The second-order valence-corrected chi connectivity index (χ2v) is 6.09. The monoisotopic (exact) mass is 306 g/mol. The largest absolute Gasteiger partial charge is 0.405 e. The van der Waals surface area contributed by atoms with Crippen LogP contribution in [0.2, 0.25) is 0 Å². The van der Waals surface area contributed by atoms with Gasteiger partial charge in [0.1, 0.15) is 6.54 Å². The first kappa shape index (κ1) is 15.2. The number of rotatable bonds is 5. The molecule has 1 saturated carbocycles. The molecule has 2 rings (SSSR count). The number of hydrogen-bond acceptors (Lipinski definition) is 4. The van der Waals surface area contributed by atoms with E-state index in [-0.39, 0.29) is 11.7 Å². The van der Waals surface area contributed by atoms with Gasteiger partial charge in [0.25, 0.3) is 0 Å². The first-order valence-electron chi connectivity index (χ1n) is 6.47. The molecule has 20 heavy (non-hydrogen) atoms. The summed E-state index contributed by atoms with van der Waals surface area (Å²) >= 11 is 1.09. The van der Waals surface area contributed by atoms with Crippen molar-refractivity contribution in [1.82, 2.24) is 0 Å². The summed E-state index contributed by atoms with van der Waals surface area (Å²) in [6.07, 6.45) is -2.12. The Balaban J connectivity index is 2.38. The van der Waals surface area contributed by atoms with Gasteiger partial charge in [0.15, 0.2) is 5.78 Å². The van der Waals surface area contributed by atoms with Crippen molar-refractivity contribution in [2.24, 2.45) is 0 Å². The topological polar surface area (TPSA) is 46.3 Å². The number of thiophene rings is 1. The highest BCUT2D eigenvalue weighted by atomic mass is 32.1. The number of nitrogens with zero attached hydrogens (tertiary/aromatic N) is 1. The van der Waals surface area contributed by atoms with E-state index in [9.17, 15) is 18.0 Å². The number of halogens is 3. The zero-order valence-electron chi connectivity index (χ0n) is 11.4. The molecule has 0 amide bonds. The molecule has 0 bridgehead atoms. The van der Waals surface area contributed by atoms with Crippen LogP contribution >= 0.6 is 11.3 Å². The SMILES string of the molecule is CCC(=O)c1sc(N(C)CC(F)(F)F)c(C2CC2)c1N. The maximum absolute atomic E-state index is 12.5. The van der Waals surface area contributed by atoms with Crippen molar-refractivity contribution in [3.63, 3.8) is 0 Å². The molecule has 3 nitrogen and oxygen atoms in total. The van der Waals surface area contributed by atoms with Crippen molar-refractivity contribution in [3.05, 3.63) is 10.4 Å². The molecule has 0 aromatic carbocycles. The molecule has 0 radical (unpaired) electrons. The average Bonchev–Trinajstić information content (AvgIpc) is 3.10. The fraction of sp³-hybridized carbons (Fsp3) is 0.615. The van der Waals surface area contributed by atoms with E-state index in [0.717, 1.165) is 34.6 Å².